The van der Waals surface area contributed by atoms with Gasteiger partial charge >= 0.3 is 5.97 Å². The van der Waals surface area contributed by atoms with Crippen molar-refractivity contribution in [3.63, 3.8) is 0 Å². The maximum absolute atomic E-state index is 10.8. The molecule has 0 unspecified atom stereocenters. The average molecular weight is 386 g/mol. The van der Waals surface area contributed by atoms with Gasteiger partial charge in [0.25, 0.3) is 0 Å². The number of carboxylic acids is 1. The van der Waals surface area contributed by atoms with Crippen molar-refractivity contribution in [3.8, 4) is 5.75 Å². The van der Waals surface area contributed by atoms with Crippen molar-refractivity contribution >= 4 is 37.8 Å². The first-order chi connectivity index (χ1) is 9.06. The first kappa shape index (κ1) is 14.1. The van der Waals surface area contributed by atoms with Crippen molar-refractivity contribution in [1.82, 2.24) is 0 Å². The summed E-state index contributed by atoms with van der Waals surface area (Å²) in [6.45, 7) is 0.372. The molecule has 2 aromatic rings. The van der Waals surface area contributed by atoms with Gasteiger partial charge in [-0.2, -0.15) is 0 Å². The van der Waals surface area contributed by atoms with Crippen molar-refractivity contribution in [1.29, 1.82) is 0 Å². The number of ether oxygens (including phenoxy) is 1. The van der Waals surface area contributed by atoms with E-state index in [1.165, 1.54) is 0 Å². The minimum absolute atomic E-state index is 0.248. The average Bonchev–Trinajstić information content (AvgIpc) is 2.37. The molecule has 0 saturated carbocycles. The van der Waals surface area contributed by atoms with Gasteiger partial charge in [0.05, 0.1) is 5.56 Å². The first-order valence-corrected chi connectivity index (χ1v) is 7.05. The second-order valence-electron chi connectivity index (χ2n) is 3.86. The molecule has 0 atom stereocenters. The molecule has 0 radical (unpaired) electrons. The molecule has 0 aromatic heterocycles. The molecule has 2 rings (SSSR count). The van der Waals surface area contributed by atoms with Gasteiger partial charge in [-0.05, 0) is 30.3 Å². The number of hydrogen-bond acceptors (Lipinski definition) is 2. The smallest absolute Gasteiger partial charge is 0.335 e. The van der Waals surface area contributed by atoms with Crippen LogP contribution in [0.25, 0.3) is 0 Å². The van der Waals surface area contributed by atoms with Crippen LogP contribution in [0.1, 0.15) is 15.9 Å². The number of aromatic carboxylic acids is 1. The molecular weight excluding hydrogens is 376 g/mol. The van der Waals surface area contributed by atoms with Crippen molar-refractivity contribution in [2.45, 2.75) is 6.61 Å². The lowest BCUT2D eigenvalue weighted by atomic mass is 10.1. The Bertz CT molecular complexity index is 611. The summed E-state index contributed by atoms with van der Waals surface area (Å²) in [5, 5.41) is 8.88. The third-order valence-corrected chi connectivity index (χ3v) is 3.72. The SMILES string of the molecule is O=C(O)c1ccc(COc2cccc(Br)c2)c(Br)c1. The summed E-state index contributed by atoms with van der Waals surface area (Å²) in [6.07, 6.45) is 0. The predicted octanol–water partition coefficient (Wildman–Crippen LogP) is 4.49. The molecule has 19 heavy (non-hydrogen) atoms. The summed E-state index contributed by atoms with van der Waals surface area (Å²) in [6, 6.07) is 12.4. The van der Waals surface area contributed by atoms with Crippen molar-refractivity contribution in [2.24, 2.45) is 0 Å². The van der Waals surface area contributed by atoms with E-state index in [4.69, 9.17) is 9.84 Å². The molecule has 3 nitrogen and oxygen atoms in total. The second kappa shape index (κ2) is 6.21. The summed E-state index contributed by atoms with van der Waals surface area (Å²) >= 11 is 6.72. The van der Waals surface area contributed by atoms with Crippen molar-refractivity contribution in [2.75, 3.05) is 0 Å². The summed E-state index contributed by atoms with van der Waals surface area (Å²) in [4.78, 5) is 10.8. The van der Waals surface area contributed by atoms with Gasteiger partial charge in [-0.1, -0.05) is 44.0 Å². The van der Waals surface area contributed by atoms with E-state index < -0.39 is 5.97 Å². The molecule has 0 saturated heterocycles. The van der Waals surface area contributed by atoms with E-state index in [9.17, 15) is 4.79 Å². The Kier molecular flexibility index (Phi) is 4.61. The van der Waals surface area contributed by atoms with E-state index in [0.717, 1.165) is 20.3 Å². The normalized spacial score (nSPS) is 10.2. The minimum atomic E-state index is -0.944. The maximum atomic E-state index is 10.8. The van der Waals surface area contributed by atoms with Crippen molar-refractivity contribution < 1.29 is 14.6 Å². The van der Waals surface area contributed by atoms with Crippen LogP contribution < -0.4 is 4.74 Å². The molecule has 0 amide bonds. The number of rotatable bonds is 4. The number of carbonyl (C=O) groups is 1. The number of benzene rings is 2. The van der Waals surface area contributed by atoms with Gasteiger partial charge in [0.15, 0.2) is 0 Å². The van der Waals surface area contributed by atoms with Crippen LogP contribution in [0.15, 0.2) is 51.4 Å². The highest BCUT2D eigenvalue weighted by Gasteiger charge is 2.07. The molecule has 0 spiro atoms. The Morgan fingerprint density at radius 2 is 1.95 bits per heavy atom. The molecule has 0 aliphatic rings. The van der Waals surface area contributed by atoms with E-state index in [0.29, 0.717) is 6.61 Å². The maximum Gasteiger partial charge on any atom is 0.335 e. The Hall–Kier alpha value is -1.33. The molecule has 0 bridgehead atoms. The monoisotopic (exact) mass is 384 g/mol. The Labute approximate surface area is 127 Å². The van der Waals surface area contributed by atoms with Gasteiger partial charge < -0.3 is 9.84 Å². The lowest BCUT2D eigenvalue weighted by Gasteiger charge is -2.09. The Morgan fingerprint density at radius 1 is 1.16 bits per heavy atom. The molecule has 2 aromatic carbocycles. The first-order valence-electron chi connectivity index (χ1n) is 5.46. The zero-order valence-electron chi connectivity index (χ0n) is 9.77. The molecule has 1 N–H and O–H groups in total. The molecule has 0 heterocycles. The third kappa shape index (κ3) is 3.81. The quantitative estimate of drug-likeness (QED) is 0.843. The van der Waals surface area contributed by atoms with E-state index in [1.54, 1.807) is 18.2 Å². The van der Waals surface area contributed by atoms with Gasteiger partial charge in [0.2, 0.25) is 0 Å². The molecule has 98 valence electrons. The zero-order chi connectivity index (χ0) is 13.8. The van der Waals surface area contributed by atoms with Crippen LogP contribution in [0.2, 0.25) is 0 Å². The molecular formula is C14H10Br2O3. The lowest BCUT2D eigenvalue weighted by Crippen LogP contribution is -2.00. The van der Waals surface area contributed by atoms with E-state index in [2.05, 4.69) is 31.9 Å². The van der Waals surface area contributed by atoms with Gasteiger partial charge in [0.1, 0.15) is 12.4 Å². The predicted molar refractivity (Wildman–Crippen MR) is 79.6 cm³/mol. The lowest BCUT2D eigenvalue weighted by molar-refractivity contribution is 0.0696. The Morgan fingerprint density at radius 3 is 2.58 bits per heavy atom. The van der Waals surface area contributed by atoms with Crippen LogP contribution in [0, 0.1) is 0 Å². The largest absolute Gasteiger partial charge is 0.489 e. The highest BCUT2D eigenvalue weighted by atomic mass is 79.9. The van der Waals surface area contributed by atoms with Crippen LogP contribution in [0.3, 0.4) is 0 Å². The molecule has 0 aliphatic heterocycles. The highest BCUT2D eigenvalue weighted by Crippen LogP contribution is 2.22. The fourth-order valence-electron chi connectivity index (χ4n) is 1.52. The van der Waals surface area contributed by atoms with E-state index >= 15 is 0 Å². The number of carboxylic acid groups (broad SMARTS) is 1. The van der Waals surface area contributed by atoms with E-state index in [-0.39, 0.29) is 5.56 Å². The van der Waals surface area contributed by atoms with Crippen LogP contribution in [-0.2, 0) is 6.61 Å². The zero-order valence-corrected chi connectivity index (χ0v) is 12.9. The van der Waals surface area contributed by atoms with Crippen LogP contribution >= 0.6 is 31.9 Å². The van der Waals surface area contributed by atoms with Crippen LogP contribution in [-0.4, -0.2) is 11.1 Å². The molecule has 0 aliphatic carbocycles. The van der Waals surface area contributed by atoms with Gasteiger partial charge in [-0.15, -0.1) is 0 Å². The summed E-state index contributed by atoms with van der Waals surface area (Å²) < 4.78 is 7.32. The molecule has 5 heteroatoms. The molecule has 0 fully saturated rings. The fraction of sp³-hybridized carbons (Fsp3) is 0.0714. The standard InChI is InChI=1S/C14H10Br2O3/c15-11-2-1-3-12(7-11)19-8-10-5-4-9(14(17)18)6-13(10)16/h1-7H,8H2,(H,17,18). The number of hydrogen-bond donors (Lipinski definition) is 1. The van der Waals surface area contributed by atoms with Gasteiger partial charge in [-0.25, -0.2) is 4.79 Å². The van der Waals surface area contributed by atoms with Gasteiger partial charge in [-0.3, -0.25) is 0 Å². The fourth-order valence-corrected chi connectivity index (χ4v) is 2.39. The minimum Gasteiger partial charge on any atom is -0.489 e. The van der Waals surface area contributed by atoms with Crippen LogP contribution in [0.5, 0.6) is 5.75 Å². The summed E-state index contributed by atoms with van der Waals surface area (Å²) in [7, 11) is 0. The van der Waals surface area contributed by atoms with Crippen molar-refractivity contribution in [3.05, 3.63) is 62.5 Å². The second-order valence-corrected chi connectivity index (χ2v) is 5.63. The van der Waals surface area contributed by atoms with E-state index in [1.807, 2.05) is 24.3 Å². The number of halogens is 2. The summed E-state index contributed by atoms with van der Waals surface area (Å²) in [5.74, 6) is -0.191. The topological polar surface area (TPSA) is 46.5 Å². The van der Waals surface area contributed by atoms with Gasteiger partial charge in [0, 0.05) is 14.5 Å². The van der Waals surface area contributed by atoms with Crippen LogP contribution in [0.4, 0.5) is 0 Å². The highest BCUT2D eigenvalue weighted by molar-refractivity contribution is 9.10. The third-order valence-electron chi connectivity index (χ3n) is 2.49. The Balaban J connectivity index is 2.10. The summed E-state index contributed by atoms with van der Waals surface area (Å²) in [5.41, 5.74) is 1.14.